The van der Waals surface area contributed by atoms with Gasteiger partial charge in [0.05, 0.1) is 0 Å². The molecule has 0 radical (unpaired) electrons. The number of ether oxygens (including phenoxy) is 1. The Bertz CT molecular complexity index is 230. The smallest absolute Gasteiger partial charge is 0.441 e. The average molecular weight is 282 g/mol. The number of hydrogen-bond acceptors (Lipinski definition) is 4. The maximum atomic E-state index is 11.8. The maximum Gasteiger partial charge on any atom is 0.441 e. The van der Waals surface area contributed by atoms with Crippen molar-refractivity contribution in [3.63, 3.8) is 0 Å². The molecule has 8 heteroatoms. The molecule has 1 atom stereocenters. The van der Waals surface area contributed by atoms with Gasteiger partial charge in [-0.1, -0.05) is 0 Å². The van der Waals surface area contributed by atoms with Gasteiger partial charge >= 0.3 is 11.5 Å². The van der Waals surface area contributed by atoms with Crippen molar-refractivity contribution >= 4 is 30.1 Å². The van der Waals surface area contributed by atoms with Gasteiger partial charge in [0, 0.05) is 5.75 Å². The van der Waals surface area contributed by atoms with Crippen LogP contribution >= 0.6 is 24.2 Å². The van der Waals surface area contributed by atoms with Crippen molar-refractivity contribution in [2.45, 2.75) is 37.9 Å². The van der Waals surface area contributed by atoms with Crippen LogP contribution in [-0.2, 0) is 9.53 Å². The van der Waals surface area contributed by atoms with Crippen LogP contribution in [0, 0.1) is 0 Å². The number of rotatable bonds is 3. The minimum atomic E-state index is -4.38. The van der Waals surface area contributed by atoms with E-state index in [0.29, 0.717) is 0 Å². The van der Waals surface area contributed by atoms with E-state index in [9.17, 15) is 18.0 Å². The Morgan fingerprint density at radius 1 is 1.38 bits per heavy atom. The van der Waals surface area contributed by atoms with Crippen LogP contribution in [0.3, 0.4) is 0 Å². The summed E-state index contributed by atoms with van der Waals surface area (Å²) in [5.41, 5.74) is 0.122. The third-order valence-corrected chi connectivity index (χ3v) is 1.99. The first kappa shape index (κ1) is 18.2. The molecule has 0 aliphatic carbocycles. The van der Waals surface area contributed by atoms with E-state index in [-0.39, 0.29) is 24.2 Å². The topological polar surface area (TPSA) is 52.3 Å². The Morgan fingerprint density at radius 2 is 1.81 bits per heavy atom. The summed E-state index contributed by atoms with van der Waals surface area (Å²) in [6.45, 7) is 4.86. The third kappa shape index (κ3) is 10.4. The van der Waals surface area contributed by atoms with Crippen LogP contribution < -0.4 is 5.73 Å². The summed E-state index contributed by atoms with van der Waals surface area (Å²) in [4.78, 5) is 11.1. The number of esters is 1. The van der Waals surface area contributed by atoms with Crippen molar-refractivity contribution in [1.29, 1.82) is 0 Å². The highest BCUT2D eigenvalue weighted by Gasteiger charge is 2.31. The van der Waals surface area contributed by atoms with Gasteiger partial charge in [0.25, 0.3) is 0 Å². The molecule has 0 bridgehead atoms. The van der Waals surface area contributed by atoms with Gasteiger partial charge in [-0.3, -0.25) is 4.79 Å². The second kappa shape index (κ2) is 6.56. The molecular weight excluding hydrogens is 267 g/mol. The molecule has 0 saturated heterocycles. The molecule has 0 spiro atoms. The van der Waals surface area contributed by atoms with Crippen LogP contribution in [0.15, 0.2) is 0 Å². The fourth-order valence-electron chi connectivity index (χ4n) is 0.630. The van der Waals surface area contributed by atoms with Crippen molar-refractivity contribution in [3.05, 3.63) is 0 Å². The number of halogens is 4. The average Bonchev–Trinajstić information content (AvgIpc) is 1.95. The molecule has 0 aromatic carbocycles. The van der Waals surface area contributed by atoms with Gasteiger partial charge in [0.2, 0.25) is 0 Å². The van der Waals surface area contributed by atoms with E-state index < -0.39 is 28.9 Å². The summed E-state index contributed by atoms with van der Waals surface area (Å²) >= 11 is -0.330. The molecule has 1 unspecified atom stereocenters. The van der Waals surface area contributed by atoms with Gasteiger partial charge in [0.1, 0.15) is 11.6 Å². The predicted octanol–water partition coefficient (Wildman–Crippen LogP) is 2.33. The Morgan fingerprint density at radius 3 is 2.12 bits per heavy atom. The minimum Gasteiger partial charge on any atom is -0.459 e. The Kier molecular flexibility index (Phi) is 7.47. The molecule has 0 heterocycles. The molecule has 0 aliphatic rings. The fourth-order valence-corrected chi connectivity index (χ4v) is 1.13. The molecule has 3 nitrogen and oxygen atoms in total. The number of carbonyl (C=O) groups is 1. The van der Waals surface area contributed by atoms with Crippen molar-refractivity contribution in [3.8, 4) is 0 Å². The van der Waals surface area contributed by atoms with Crippen LogP contribution in [0.1, 0.15) is 20.8 Å². The zero-order valence-corrected chi connectivity index (χ0v) is 10.8. The van der Waals surface area contributed by atoms with Crippen LogP contribution in [-0.4, -0.2) is 28.9 Å². The minimum absolute atomic E-state index is 0. The normalized spacial score (nSPS) is 13.9. The Balaban J connectivity index is 0. The highest BCUT2D eigenvalue weighted by Crippen LogP contribution is 2.30. The highest BCUT2D eigenvalue weighted by molar-refractivity contribution is 8.00. The van der Waals surface area contributed by atoms with Crippen molar-refractivity contribution in [2.24, 2.45) is 5.73 Å². The van der Waals surface area contributed by atoms with E-state index in [4.69, 9.17) is 10.5 Å². The molecule has 2 N–H and O–H groups in total. The maximum absolute atomic E-state index is 11.8. The van der Waals surface area contributed by atoms with Crippen LogP contribution in [0.5, 0.6) is 0 Å². The molecule has 0 amide bonds. The number of nitrogens with two attached hydrogens (primary N) is 1. The molecule has 0 aliphatic heterocycles. The summed E-state index contributed by atoms with van der Waals surface area (Å²) in [6.07, 6.45) is 0. The molecule has 0 fully saturated rings. The first-order chi connectivity index (χ1) is 6.51. The Labute approximate surface area is 103 Å². The van der Waals surface area contributed by atoms with Gasteiger partial charge in [-0.15, -0.1) is 12.4 Å². The highest BCUT2D eigenvalue weighted by atomic mass is 35.5. The van der Waals surface area contributed by atoms with Crippen LogP contribution in [0.2, 0.25) is 0 Å². The largest absolute Gasteiger partial charge is 0.459 e. The number of carbonyl (C=O) groups excluding carboxylic acids is 1. The molecular formula is C8H15ClF3NO2S. The lowest BCUT2D eigenvalue weighted by molar-refractivity contribution is -0.155. The molecule has 16 heavy (non-hydrogen) atoms. The van der Waals surface area contributed by atoms with Gasteiger partial charge in [-0.05, 0) is 32.5 Å². The lowest BCUT2D eigenvalue weighted by Crippen LogP contribution is -2.39. The molecule has 0 rings (SSSR count). The monoisotopic (exact) mass is 281 g/mol. The lowest BCUT2D eigenvalue weighted by atomic mass is 10.2. The lowest BCUT2D eigenvalue weighted by Gasteiger charge is -2.22. The van der Waals surface area contributed by atoms with Crippen molar-refractivity contribution in [1.82, 2.24) is 0 Å². The van der Waals surface area contributed by atoms with E-state index >= 15 is 0 Å². The summed E-state index contributed by atoms with van der Waals surface area (Å²) in [6, 6.07) is -1.25. The Hall–Kier alpha value is -0.140. The predicted molar refractivity (Wildman–Crippen MR) is 59.6 cm³/mol. The second-order valence-electron chi connectivity index (χ2n) is 3.90. The number of hydrogen-bond donors (Lipinski definition) is 1. The summed E-state index contributed by atoms with van der Waals surface area (Å²) in [5.74, 6) is -1.35. The van der Waals surface area contributed by atoms with Gasteiger partial charge in [-0.2, -0.15) is 13.2 Å². The number of alkyl halides is 3. The van der Waals surface area contributed by atoms with Crippen LogP contribution in [0.25, 0.3) is 0 Å². The number of thioether (sulfide) groups is 1. The fraction of sp³-hybridized carbons (Fsp3) is 0.875. The zero-order valence-electron chi connectivity index (χ0n) is 9.13. The molecule has 0 saturated carbocycles. The van der Waals surface area contributed by atoms with Crippen molar-refractivity contribution < 1.29 is 22.7 Å². The summed E-state index contributed by atoms with van der Waals surface area (Å²) in [7, 11) is 0. The second-order valence-corrected chi connectivity index (χ2v) is 4.98. The summed E-state index contributed by atoms with van der Waals surface area (Å²) < 4.78 is 40.1. The molecule has 0 aromatic heterocycles. The van der Waals surface area contributed by atoms with Gasteiger partial charge in [-0.25, -0.2) is 0 Å². The standard InChI is InChI=1S/C8H14F3NO2S.ClH/c1-7(2,3)14-6(13)5(12)4-15-8(9,10)11;/h5H,4,12H2,1-3H3;1H. The van der Waals surface area contributed by atoms with E-state index in [1.807, 2.05) is 0 Å². The van der Waals surface area contributed by atoms with E-state index in [1.165, 1.54) is 0 Å². The van der Waals surface area contributed by atoms with Gasteiger partial charge < -0.3 is 10.5 Å². The van der Waals surface area contributed by atoms with E-state index in [2.05, 4.69) is 0 Å². The first-order valence-electron chi connectivity index (χ1n) is 4.20. The van der Waals surface area contributed by atoms with Crippen molar-refractivity contribution in [2.75, 3.05) is 5.75 Å². The molecule has 98 valence electrons. The van der Waals surface area contributed by atoms with E-state index in [1.54, 1.807) is 20.8 Å². The quantitative estimate of drug-likeness (QED) is 0.807. The first-order valence-corrected chi connectivity index (χ1v) is 5.19. The SMILES string of the molecule is CC(C)(C)OC(=O)C(N)CSC(F)(F)F.Cl. The summed E-state index contributed by atoms with van der Waals surface area (Å²) in [5, 5.41) is 0. The zero-order chi connectivity index (χ0) is 12.3. The molecule has 0 aromatic rings. The third-order valence-electron chi connectivity index (χ3n) is 1.14. The van der Waals surface area contributed by atoms with Gasteiger partial charge in [0.15, 0.2) is 0 Å². The van der Waals surface area contributed by atoms with E-state index in [0.717, 1.165) is 0 Å². The van der Waals surface area contributed by atoms with Crippen LogP contribution in [0.4, 0.5) is 13.2 Å².